The zero-order valence-electron chi connectivity index (χ0n) is 11.9. The lowest BCUT2D eigenvalue weighted by molar-refractivity contribution is 0.397. The second-order valence-electron chi connectivity index (χ2n) is 5.51. The van der Waals surface area contributed by atoms with Crippen LogP contribution in [0.3, 0.4) is 0 Å². The van der Waals surface area contributed by atoms with Gasteiger partial charge in [0.2, 0.25) is 0 Å². The van der Waals surface area contributed by atoms with Gasteiger partial charge in [-0.15, -0.1) is 0 Å². The van der Waals surface area contributed by atoms with Crippen LogP contribution in [0.15, 0.2) is 24.5 Å². The summed E-state index contributed by atoms with van der Waals surface area (Å²) in [7, 11) is 1.51. The molecule has 0 spiro atoms. The second-order valence-corrected chi connectivity index (χ2v) is 5.51. The number of benzene rings is 1. The number of hydrogen-bond acceptors (Lipinski definition) is 3. The van der Waals surface area contributed by atoms with Gasteiger partial charge in [0, 0.05) is 5.56 Å². The lowest BCUT2D eigenvalue weighted by Gasteiger charge is -2.23. The largest absolute Gasteiger partial charge is 0.496 e. The maximum atomic E-state index is 13.9. The molecule has 2 rings (SSSR count). The van der Waals surface area contributed by atoms with Crippen molar-refractivity contribution >= 4 is 0 Å². The Morgan fingerprint density at radius 2 is 1.60 bits per heavy atom. The highest BCUT2D eigenvalue weighted by Gasteiger charge is 2.24. The molecular weight excluding hydrogens is 262 g/mol. The smallest absolute Gasteiger partial charge is 0.163 e. The Hall–Kier alpha value is -2.04. The van der Waals surface area contributed by atoms with Crippen LogP contribution in [0.4, 0.5) is 8.78 Å². The van der Waals surface area contributed by atoms with Crippen molar-refractivity contribution in [2.45, 2.75) is 26.2 Å². The number of nitrogens with zero attached hydrogens (tertiary/aromatic N) is 2. The van der Waals surface area contributed by atoms with Crippen molar-refractivity contribution in [2.75, 3.05) is 7.11 Å². The molecule has 1 aromatic heterocycles. The molecule has 1 heterocycles. The summed E-state index contributed by atoms with van der Waals surface area (Å²) in [5.74, 6) is -0.211. The van der Waals surface area contributed by atoms with Crippen LogP contribution >= 0.6 is 0 Å². The fourth-order valence-corrected chi connectivity index (χ4v) is 1.99. The fraction of sp³-hybridized carbons (Fsp3) is 0.333. The zero-order chi connectivity index (χ0) is 14.9. The molecule has 0 aliphatic rings. The first-order chi connectivity index (χ1) is 9.32. The highest BCUT2D eigenvalue weighted by atomic mass is 19.1. The van der Waals surface area contributed by atoms with Crippen LogP contribution in [0.25, 0.3) is 11.4 Å². The molecule has 2 aromatic rings. The topological polar surface area (TPSA) is 35.0 Å². The van der Waals surface area contributed by atoms with Crippen LogP contribution < -0.4 is 4.74 Å². The van der Waals surface area contributed by atoms with E-state index in [0.29, 0.717) is 16.9 Å². The van der Waals surface area contributed by atoms with Crippen molar-refractivity contribution in [1.29, 1.82) is 0 Å². The lowest BCUT2D eigenvalue weighted by Crippen LogP contribution is -2.14. The molecule has 0 unspecified atom stereocenters. The zero-order valence-corrected chi connectivity index (χ0v) is 11.9. The van der Waals surface area contributed by atoms with E-state index in [1.54, 1.807) is 0 Å². The Kier molecular flexibility index (Phi) is 3.70. The van der Waals surface area contributed by atoms with Gasteiger partial charge >= 0.3 is 0 Å². The first-order valence-corrected chi connectivity index (χ1v) is 6.19. The summed E-state index contributed by atoms with van der Waals surface area (Å²) in [5, 5.41) is 0. The molecule has 0 bridgehead atoms. The molecule has 0 fully saturated rings. The van der Waals surface area contributed by atoms with Gasteiger partial charge in [0.05, 0.1) is 25.1 Å². The molecule has 0 atom stereocenters. The third-order valence-corrected chi connectivity index (χ3v) is 2.93. The van der Waals surface area contributed by atoms with E-state index in [0.717, 1.165) is 12.4 Å². The Labute approximate surface area is 116 Å². The molecule has 5 heteroatoms. The maximum Gasteiger partial charge on any atom is 0.163 e. The fourth-order valence-electron chi connectivity index (χ4n) is 1.99. The Morgan fingerprint density at radius 1 is 1.00 bits per heavy atom. The molecule has 0 N–H and O–H groups in total. The van der Waals surface area contributed by atoms with E-state index < -0.39 is 11.6 Å². The summed E-state index contributed by atoms with van der Waals surface area (Å²) < 4.78 is 32.2. The molecule has 0 aliphatic carbocycles. The molecule has 0 radical (unpaired) electrons. The van der Waals surface area contributed by atoms with Gasteiger partial charge in [0.15, 0.2) is 11.6 Å². The first kappa shape index (κ1) is 14.4. The van der Waals surface area contributed by atoms with E-state index in [1.807, 2.05) is 20.8 Å². The van der Waals surface area contributed by atoms with Crippen LogP contribution in [-0.4, -0.2) is 17.1 Å². The highest BCUT2D eigenvalue weighted by Crippen LogP contribution is 2.38. The van der Waals surface area contributed by atoms with Crippen molar-refractivity contribution in [1.82, 2.24) is 9.97 Å². The normalized spacial score (nSPS) is 11.5. The number of methoxy groups -OCH3 is 1. The molecule has 106 valence electrons. The molecule has 20 heavy (non-hydrogen) atoms. The van der Waals surface area contributed by atoms with Crippen LogP contribution in [0.1, 0.15) is 26.3 Å². The van der Waals surface area contributed by atoms with Crippen molar-refractivity contribution in [3.63, 3.8) is 0 Å². The lowest BCUT2D eigenvalue weighted by atomic mass is 9.85. The van der Waals surface area contributed by atoms with E-state index in [-0.39, 0.29) is 11.2 Å². The minimum absolute atomic E-state index is 0.230. The summed E-state index contributed by atoms with van der Waals surface area (Å²) >= 11 is 0. The van der Waals surface area contributed by atoms with Crippen LogP contribution in [0.5, 0.6) is 5.75 Å². The SMILES string of the molecule is COc1c(-c2ncc(F)cn2)cc(F)cc1C(C)(C)C. The van der Waals surface area contributed by atoms with Gasteiger partial charge in [-0.1, -0.05) is 20.8 Å². The summed E-state index contributed by atoms with van der Waals surface area (Å²) in [6.45, 7) is 5.87. The summed E-state index contributed by atoms with van der Waals surface area (Å²) in [6, 6.07) is 2.73. The van der Waals surface area contributed by atoms with Crippen molar-refractivity contribution in [3.8, 4) is 17.1 Å². The van der Waals surface area contributed by atoms with Gasteiger partial charge in [-0.3, -0.25) is 0 Å². The van der Waals surface area contributed by atoms with Crippen molar-refractivity contribution in [3.05, 3.63) is 41.7 Å². The summed E-state index contributed by atoms with van der Waals surface area (Å²) in [6.07, 6.45) is 2.09. The minimum atomic E-state index is -0.542. The van der Waals surface area contributed by atoms with E-state index in [9.17, 15) is 8.78 Å². The van der Waals surface area contributed by atoms with E-state index in [2.05, 4.69) is 9.97 Å². The third-order valence-electron chi connectivity index (χ3n) is 2.93. The summed E-state index contributed by atoms with van der Waals surface area (Å²) in [5.41, 5.74) is 0.822. The van der Waals surface area contributed by atoms with Crippen LogP contribution in [-0.2, 0) is 5.41 Å². The molecule has 0 aliphatic heterocycles. The van der Waals surface area contributed by atoms with Gasteiger partial charge < -0.3 is 4.74 Å². The maximum absolute atomic E-state index is 13.9. The van der Waals surface area contributed by atoms with Crippen molar-refractivity contribution in [2.24, 2.45) is 0 Å². The van der Waals surface area contributed by atoms with E-state index in [4.69, 9.17) is 4.74 Å². The van der Waals surface area contributed by atoms with Gasteiger partial charge in [-0.25, -0.2) is 18.7 Å². The molecule has 3 nitrogen and oxygen atoms in total. The molecule has 1 aromatic carbocycles. The van der Waals surface area contributed by atoms with Gasteiger partial charge in [0.1, 0.15) is 11.6 Å². The third kappa shape index (κ3) is 2.76. The summed E-state index contributed by atoms with van der Waals surface area (Å²) in [4.78, 5) is 7.78. The van der Waals surface area contributed by atoms with E-state index in [1.165, 1.54) is 19.2 Å². The van der Waals surface area contributed by atoms with Gasteiger partial charge in [-0.05, 0) is 17.5 Å². The predicted molar refractivity (Wildman–Crippen MR) is 72.6 cm³/mol. The van der Waals surface area contributed by atoms with Crippen LogP contribution in [0, 0.1) is 11.6 Å². The number of aromatic nitrogens is 2. The Morgan fingerprint density at radius 3 is 2.10 bits per heavy atom. The van der Waals surface area contributed by atoms with Crippen molar-refractivity contribution < 1.29 is 13.5 Å². The van der Waals surface area contributed by atoms with Crippen LogP contribution in [0.2, 0.25) is 0 Å². The number of halogens is 2. The number of ether oxygens (including phenoxy) is 1. The molecule has 0 amide bonds. The standard InChI is InChI=1S/C15H16F2N2O/c1-15(2,3)12-6-9(16)5-11(13(12)20-4)14-18-7-10(17)8-19-14/h5-8H,1-4H3. The Bertz CT molecular complexity index is 619. The number of rotatable bonds is 2. The predicted octanol–water partition coefficient (Wildman–Crippen LogP) is 3.73. The average Bonchev–Trinajstić information content (AvgIpc) is 2.37. The minimum Gasteiger partial charge on any atom is -0.496 e. The molecule has 0 saturated heterocycles. The Balaban J connectivity index is 2.69. The average molecular weight is 278 g/mol. The monoisotopic (exact) mass is 278 g/mol. The quantitative estimate of drug-likeness (QED) is 0.839. The van der Waals surface area contributed by atoms with Gasteiger partial charge in [0.25, 0.3) is 0 Å². The highest BCUT2D eigenvalue weighted by molar-refractivity contribution is 5.67. The van der Waals surface area contributed by atoms with Gasteiger partial charge in [-0.2, -0.15) is 0 Å². The molecule has 0 saturated carbocycles. The number of hydrogen-bond donors (Lipinski definition) is 0. The molecular formula is C15H16F2N2O. The van der Waals surface area contributed by atoms with E-state index >= 15 is 0 Å². The second kappa shape index (κ2) is 5.15. The first-order valence-electron chi connectivity index (χ1n) is 6.19.